The number of benzene rings is 1. The zero-order valence-electron chi connectivity index (χ0n) is 12.7. The Morgan fingerprint density at radius 1 is 1.32 bits per heavy atom. The largest absolute Gasteiger partial charge is 0.332 e. The summed E-state index contributed by atoms with van der Waals surface area (Å²) >= 11 is 6.00. The van der Waals surface area contributed by atoms with Crippen LogP contribution in [0.2, 0.25) is 5.02 Å². The van der Waals surface area contributed by atoms with Crippen LogP contribution in [0.5, 0.6) is 0 Å². The van der Waals surface area contributed by atoms with Gasteiger partial charge in [0.15, 0.2) is 5.69 Å². The first kappa shape index (κ1) is 15.1. The minimum atomic E-state index is -0.0126. The standard InChI is InChI=1S/C16H19ClN4O/c1-12-11-19(2)8-9-20(12)16(22)15-6-7-21(18-15)14-5-3-4-13(17)10-14/h3-7,10,12H,8-9,11H2,1-2H3/t12-/m1/s1. The Morgan fingerprint density at radius 3 is 2.86 bits per heavy atom. The van der Waals surface area contributed by atoms with Gasteiger partial charge in [-0.2, -0.15) is 5.10 Å². The van der Waals surface area contributed by atoms with Crippen molar-refractivity contribution in [3.05, 3.63) is 47.2 Å². The Labute approximate surface area is 135 Å². The quantitative estimate of drug-likeness (QED) is 0.853. The monoisotopic (exact) mass is 318 g/mol. The molecule has 1 aliphatic heterocycles. The van der Waals surface area contributed by atoms with E-state index in [-0.39, 0.29) is 11.9 Å². The number of amides is 1. The van der Waals surface area contributed by atoms with E-state index < -0.39 is 0 Å². The molecule has 2 aromatic rings. The molecule has 1 atom stereocenters. The highest BCUT2D eigenvalue weighted by Crippen LogP contribution is 2.16. The van der Waals surface area contributed by atoms with Crippen LogP contribution in [0.1, 0.15) is 17.4 Å². The van der Waals surface area contributed by atoms with Crippen LogP contribution >= 0.6 is 11.6 Å². The summed E-state index contributed by atoms with van der Waals surface area (Å²) in [5.74, 6) is -0.0126. The number of rotatable bonds is 2. The van der Waals surface area contributed by atoms with E-state index >= 15 is 0 Å². The second kappa shape index (κ2) is 6.10. The number of piperazine rings is 1. The van der Waals surface area contributed by atoms with Gasteiger partial charge in [0.2, 0.25) is 0 Å². The van der Waals surface area contributed by atoms with Gasteiger partial charge in [0.1, 0.15) is 0 Å². The summed E-state index contributed by atoms with van der Waals surface area (Å²) in [6, 6.07) is 9.36. The highest BCUT2D eigenvalue weighted by molar-refractivity contribution is 6.30. The summed E-state index contributed by atoms with van der Waals surface area (Å²) in [6.45, 7) is 4.59. The highest BCUT2D eigenvalue weighted by atomic mass is 35.5. The average molecular weight is 319 g/mol. The van der Waals surface area contributed by atoms with E-state index in [1.165, 1.54) is 0 Å². The molecule has 0 radical (unpaired) electrons. The lowest BCUT2D eigenvalue weighted by atomic mass is 10.2. The lowest BCUT2D eigenvalue weighted by Gasteiger charge is -2.37. The molecule has 6 heteroatoms. The molecule has 116 valence electrons. The molecule has 0 aliphatic carbocycles. The van der Waals surface area contributed by atoms with Gasteiger partial charge in [-0.25, -0.2) is 4.68 Å². The lowest BCUT2D eigenvalue weighted by molar-refractivity contribution is 0.0527. The van der Waals surface area contributed by atoms with Gasteiger partial charge in [0, 0.05) is 36.9 Å². The molecule has 0 unspecified atom stereocenters. The minimum absolute atomic E-state index is 0.0126. The molecule has 5 nitrogen and oxygen atoms in total. The van der Waals surface area contributed by atoms with Crippen LogP contribution in [0.3, 0.4) is 0 Å². The molecule has 1 aromatic carbocycles. The molecular weight excluding hydrogens is 300 g/mol. The summed E-state index contributed by atoms with van der Waals surface area (Å²) in [5, 5.41) is 5.05. The summed E-state index contributed by atoms with van der Waals surface area (Å²) in [5.41, 5.74) is 1.31. The van der Waals surface area contributed by atoms with Crippen LogP contribution in [-0.4, -0.2) is 58.2 Å². The maximum atomic E-state index is 12.6. The van der Waals surface area contributed by atoms with Crippen molar-refractivity contribution in [2.75, 3.05) is 26.7 Å². The fourth-order valence-corrected chi connectivity index (χ4v) is 2.97. The zero-order valence-corrected chi connectivity index (χ0v) is 13.5. The molecule has 0 spiro atoms. The molecule has 3 rings (SSSR count). The van der Waals surface area contributed by atoms with Gasteiger partial charge < -0.3 is 9.80 Å². The number of carbonyl (C=O) groups excluding carboxylic acids is 1. The van der Waals surface area contributed by atoms with Gasteiger partial charge in [-0.05, 0) is 38.2 Å². The van der Waals surface area contributed by atoms with Gasteiger partial charge in [0.05, 0.1) is 5.69 Å². The minimum Gasteiger partial charge on any atom is -0.332 e. The maximum absolute atomic E-state index is 12.6. The number of halogens is 1. The number of aromatic nitrogens is 2. The van der Waals surface area contributed by atoms with E-state index in [4.69, 9.17) is 11.6 Å². The van der Waals surface area contributed by atoms with Crippen LogP contribution < -0.4 is 0 Å². The number of nitrogens with zero attached hydrogens (tertiary/aromatic N) is 4. The summed E-state index contributed by atoms with van der Waals surface area (Å²) in [6.07, 6.45) is 1.79. The van der Waals surface area contributed by atoms with E-state index in [0.29, 0.717) is 10.7 Å². The van der Waals surface area contributed by atoms with E-state index in [0.717, 1.165) is 25.3 Å². The predicted octanol–water partition coefficient (Wildman–Crippen LogP) is 2.30. The first-order valence-corrected chi connectivity index (χ1v) is 7.73. The number of hydrogen-bond acceptors (Lipinski definition) is 3. The molecule has 1 aromatic heterocycles. The maximum Gasteiger partial charge on any atom is 0.274 e. The van der Waals surface area contributed by atoms with Crippen LogP contribution in [0.4, 0.5) is 0 Å². The van der Waals surface area contributed by atoms with Crippen molar-refractivity contribution in [3.63, 3.8) is 0 Å². The Morgan fingerprint density at radius 2 is 2.14 bits per heavy atom. The third-order valence-electron chi connectivity index (χ3n) is 3.97. The summed E-state index contributed by atoms with van der Waals surface area (Å²) in [4.78, 5) is 16.8. The fraction of sp³-hybridized carbons (Fsp3) is 0.375. The van der Waals surface area contributed by atoms with Crippen molar-refractivity contribution in [2.45, 2.75) is 13.0 Å². The summed E-state index contributed by atoms with van der Waals surface area (Å²) in [7, 11) is 2.08. The first-order valence-electron chi connectivity index (χ1n) is 7.36. The van der Waals surface area contributed by atoms with Crippen LogP contribution in [0.15, 0.2) is 36.5 Å². The van der Waals surface area contributed by atoms with Gasteiger partial charge in [0.25, 0.3) is 5.91 Å². The van der Waals surface area contributed by atoms with Gasteiger partial charge >= 0.3 is 0 Å². The third kappa shape index (κ3) is 3.00. The molecule has 0 saturated carbocycles. The third-order valence-corrected chi connectivity index (χ3v) is 4.21. The van der Waals surface area contributed by atoms with Crippen molar-refractivity contribution in [3.8, 4) is 5.69 Å². The molecule has 0 N–H and O–H groups in total. The van der Waals surface area contributed by atoms with Crippen LogP contribution in [0.25, 0.3) is 5.69 Å². The van der Waals surface area contributed by atoms with E-state index in [1.54, 1.807) is 16.9 Å². The first-order chi connectivity index (χ1) is 10.5. The van der Waals surface area contributed by atoms with Gasteiger partial charge in [-0.15, -0.1) is 0 Å². The number of hydrogen-bond donors (Lipinski definition) is 0. The van der Waals surface area contributed by atoms with Crippen LogP contribution in [-0.2, 0) is 0 Å². The molecule has 1 aliphatic rings. The second-order valence-corrected chi connectivity index (χ2v) is 6.17. The van der Waals surface area contributed by atoms with Crippen molar-refractivity contribution in [1.82, 2.24) is 19.6 Å². The van der Waals surface area contributed by atoms with Crippen LogP contribution in [0, 0.1) is 0 Å². The van der Waals surface area contributed by atoms with E-state index in [2.05, 4.69) is 24.0 Å². The second-order valence-electron chi connectivity index (χ2n) is 5.74. The molecule has 22 heavy (non-hydrogen) atoms. The number of likely N-dealkylation sites (N-methyl/N-ethyl adjacent to an activating group) is 1. The van der Waals surface area contributed by atoms with Gasteiger partial charge in [-0.1, -0.05) is 17.7 Å². The highest BCUT2D eigenvalue weighted by Gasteiger charge is 2.27. The Bertz CT molecular complexity index is 684. The molecule has 1 fully saturated rings. The van der Waals surface area contributed by atoms with Crippen molar-refractivity contribution in [1.29, 1.82) is 0 Å². The molecule has 2 heterocycles. The fourth-order valence-electron chi connectivity index (χ4n) is 2.79. The summed E-state index contributed by atoms with van der Waals surface area (Å²) < 4.78 is 1.68. The topological polar surface area (TPSA) is 41.4 Å². The zero-order chi connectivity index (χ0) is 15.7. The van der Waals surface area contributed by atoms with Crippen molar-refractivity contribution in [2.24, 2.45) is 0 Å². The smallest absolute Gasteiger partial charge is 0.274 e. The molecule has 0 bridgehead atoms. The normalized spacial score (nSPS) is 19.4. The number of carbonyl (C=O) groups is 1. The van der Waals surface area contributed by atoms with E-state index in [1.807, 2.05) is 29.2 Å². The average Bonchev–Trinajstić information content (AvgIpc) is 2.96. The SMILES string of the molecule is C[C@@H]1CN(C)CCN1C(=O)c1ccn(-c2cccc(Cl)c2)n1. The van der Waals surface area contributed by atoms with E-state index in [9.17, 15) is 4.79 Å². The Kier molecular flexibility index (Phi) is 4.18. The molecule has 1 saturated heterocycles. The Balaban J connectivity index is 1.80. The molecule has 1 amide bonds. The Hall–Kier alpha value is -1.85. The van der Waals surface area contributed by atoms with Gasteiger partial charge in [-0.3, -0.25) is 4.79 Å². The van der Waals surface area contributed by atoms with Crippen molar-refractivity contribution >= 4 is 17.5 Å². The van der Waals surface area contributed by atoms with Crippen molar-refractivity contribution < 1.29 is 4.79 Å². The lowest BCUT2D eigenvalue weighted by Crippen LogP contribution is -2.52. The predicted molar refractivity (Wildman–Crippen MR) is 86.6 cm³/mol. The molecular formula is C16H19ClN4O.